The number of para-hydroxylation sites is 1. The highest BCUT2D eigenvalue weighted by Gasteiger charge is 2.17. The van der Waals surface area contributed by atoms with Gasteiger partial charge in [-0.1, -0.05) is 12.1 Å². The highest BCUT2D eigenvalue weighted by molar-refractivity contribution is 5.95. The van der Waals surface area contributed by atoms with E-state index in [1.165, 1.54) is 5.69 Å². The summed E-state index contributed by atoms with van der Waals surface area (Å²) in [6, 6.07) is 14.0. The van der Waals surface area contributed by atoms with Crippen molar-refractivity contribution in [1.82, 2.24) is 10.3 Å². The summed E-state index contributed by atoms with van der Waals surface area (Å²) in [5, 5.41) is 4.43. The van der Waals surface area contributed by atoms with E-state index in [0.29, 0.717) is 0 Å². The van der Waals surface area contributed by atoms with Crippen molar-refractivity contribution in [2.75, 3.05) is 38.2 Å². The number of pyridine rings is 1. The summed E-state index contributed by atoms with van der Waals surface area (Å²) in [7, 11) is 1.66. The maximum Gasteiger partial charge on any atom is 0.141 e. The molecule has 1 saturated heterocycles. The van der Waals surface area contributed by atoms with Gasteiger partial charge >= 0.3 is 0 Å². The highest BCUT2D eigenvalue weighted by atomic mass is 16.5. The molecule has 0 atom stereocenters. The molecule has 0 amide bonds. The Morgan fingerprint density at radius 2 is 1.81 bits per heavy atom. The van der Waals surface area contributed by atoms with Gasteiger partial charge in [0.1, 0.15) is 17.2 Å². The lowest BCUT2D eigenvalue weighted by atomic mass is 10.1. The monoisotopic (exact) mass is 349 g/mol. The molecule has 0 saturated carbocycles. The molecule has 5 heteroatoms. The number of nitrogens with one attached hydrogen (secondary N) is 1. The number of piperazine rings is 1. The van der Waals surface area contributed by atoms with Crippen LogP contribution < -0.4 is 19.7 Å². The molecule has 2 aromatic carbocycles. The quantitative estimate of drug-likeness (QED) is 0.777. The Kier molecular flexibility index (Phi) is 4.63. The maximum absolute atomic E-state index is 6.26. The van der Waals surface area contributed by atoms with E-state index < -0.39 is 0 Å². The lowest BCUT2D eigenvalue weighted by molar-refractivity contribution is 0.409. The Labute approximate surface area is 153 Å². The molecule has 26 heavy (non-hydrogen) atoms. The van der Waals surface area contributed by atoms with E-state index in [1.54, 1.807) is 7.11 Å². The Bertz CT molecular complexity index is 920. The van der Waals surface area contributed by atoms with Gasteiger partial charge in [-0.25, -0.2) is 0 Å². The first kappa shape index (κ1) is 16.7. The highest BCUT2D eigenvalue weighted by Crippen LogP contribution is 2.36. The zero-order valence-electron chi connectivity index (χ0n) is 15.2. The van der Waals surface area contributed by atoms with Crippen molar-refractivity contribution in [3.8, 4) is 17.2 Å². The summed E-state index contributed by atoms with van der Waals surface area (Å²) in [6.45, 7) is 5.99. The number of nitrogens with zero attached hydrogens (tertiary/aromatic N) is 2. The number of hydrogen-bond acceptors (Lipinski definition) is 5. The number of anilines is 1. The molecule has 0 bridgehead atoms. The van der Waals surface area contributed by atoms with E-state index in [-0.39, 0.29) is 0 Å². The zero-order chi connectivity index (χ0) is 17.9. The molecule has 1 aromatic heterocycles. The number of ether oxygens (including phenoxy) is 2. The van der Waals surface area contributed by atoms with Crippen LogP contribution in [0.25, 0.3) is 10.9 Å². The van der Waals surface area contributed by atoms with Gasteiger partial charge in [0, 0.05) is 49.4 Å². The first-order chi connectivity index (χ1) is 12.8. The zero-order valence-corrected chi connectivity index (χ0v) is 15.2. The van der Waals surface area contributed by atoms with E-state index >= 15 is 0 Å². The van der Waals surface area contributed by atoms with Gasteiger partial charge in [0.15, 0.2) is 0 Å². The summed E-state index contributed by atoms with van der Waals surface area (Å²) >= 11 is 0. The van der Waals surface area contributed by atoms with Crippen LogP contribution >= 0.6 is 0 Å². The molecule has 5 nitrogen and oxygen atoms in total. The molecule has 4 rings (SSSR count). The number of hydrogen-bond donors (Lipinski definition) is 1. The van der Waals surface area contributed by atoms with Crippen LogP contribution in [0.4, 0.5) is 5.69 Å². The average molecular weight is 349 g/mol. The SMILES string of the molecule is COc1cccc(Oc2c(C)cnc3c(N4CCNCC4)cccc23)c1. The fraction of sp³-hybridized carbons (Fsp3) is 0.286. The number of aromatic nitrogens is 1. The largest absolute Gasteiger partial charge is 0.497 e. The minimum atomic E-state index is 0.757. The first-order valence-corrected chi connectivity index (χ1v) is 8.92. The number of benzene rings is 2. The molecule has 134 valence electrons. The van der Waals surface area contributed by atoms with Gasteiger partial charge in [0.2, 0.25) is 0 Å². The normalized spacial score (nSPS) is 14.5. The third-order valence-corrected chi connectivity index (χ3v) is 4.72. The van der Waals surface area contributed by atoms with Crippen LogP contribution in [0.15, 0.2) is 48.7 Å². The van der Waals surface area contributed by atoms with Gasteiger partial charge in [-0.3, -0.25) is 4.98 Å². The van der Waals surface area contributed by atoms with Crippen LogP contribution in [-0.2, 0) is 0 Å². The standard InChI is InChI=1S/C21H23N3O2/c1-15-14-23-20-18(7-4-8-19(20)24-11-9-22-10-12-24)21(15)26-17-6-3-5-16(13-17)25-2/h3-8,13-14,22H,9-12H2,1-2H3. The van der Waals surface area contributed by atoms with Gasteiger partial charge in [-0.05, 0) is 31.2 Å². The summed E-state index contributed by atoms with van der Waals surface area (Å²) in [5.41, 5.74) is 3.16. The fourth-order valence-electron chi connectivity index (χ4n) is 3.36. The number of methoxy groups -OCH3 is 1. The van der Waals surface area contributed by atoms with Crippen molar-refractivity contribution in [2.24, 2.45) is 0 Å². The van der Waals surface area contributed by atoms with Crippen molar-refractivity contribution in [2.45, 2.75) is 6.92 Å². The minimum absolute atomic E-state index is 0.757. The molecule has 2 heterocycles. The molecule has 1 aliphatic heterocycles. The van der Waals surface area contributed by atoms with Crippen molar-refractivity contribution < 1.29 is 9.47 Å². The van der Waals surface area contributed by atoms with Crippen molar-refractivity contribution in [3.05, 3.63) is 54.2 Å². The van der Waals surface area contributed by atoms with E-state index in [4.69, 9.17) is 14.5 Å². The molecule has 1 aliphatic rings. The van der Waals surface area contributed by atoms with E-state index in [1.807, 2.05) is 37.4 Å². The lowest BCUT2D eigenvalue weighted by Crippen LogP contribution is -2.43. The number of fused-ring (bicyclic) bond motifs is 1. The van der Waals surface area contributed by atoms with Crippen LogP contribution in [0, 0.1) is 6.92 Å². The number of rotatable bonds is 4. The topological polar surface area (TPSA) is 46.6 Å². The molecule has 0 radical (unpaired) electrons. The van der Waals surface area contributed by atoms with Crippen molar-refractivity contribution in [1.29, 1.82) is 0 Å². The summed E-state index contributed by atoms with van der Waals surface area (Å²) in [6.07, 6.45) is 1.89. The molecule has 1 fully saturated rings. The predicted molar refractivity (Wildman–Crippen MR) is 105 cm³/mol. The van der Waals surface area contributed by atoms with Crippen LogP contribution in [0.5, 0.6) is 17.2 Å². The van der Waals surface area contributed by atoms with Gasteiger partial charge < -0.3 is 19.7 Å². The second-order valence-corrected chi connectivity index (χ2v) is 6.46. The average Bonchev–Trinajstić information content (AvgIpc) is 2.70. The molecule has 1 N–H and O–H groups in total. The van der Waals surface area contributed by atoms with Gasteiger partial charge in [-0.2, -0.15) is 0 Å². The van der Waals surface area contributed by atoms with Gasteiger partial charge in [0.05, 0.1) is 18.3 Å². The Hall–Kier alpha value is -2.79. The Morgan fingerprint density at radius 1 is 1.04 bits per heavy atom. The molecular formula is C21H23N3O2. The Balaban J connectivity index is 1.77. The van der Waals surface area contributed by atoms with Crippen LogP contribution in [0.1, 0.15) is 5.56 Å². The second-order valence-electron chi connectivity index (χ2n) is 6.46. The van der Waals surface area contributed by atoms with Crippen LogP contribution in [0.3, 0.4) is 0 Å². The summed E-state index contributed by atoms with van der Waals surface area (Å²) < 4.78 is 11.6. The third-order valence-electron chi connectivity index (χ3n) is 4.72. The molecule has 0 spiro atoms. The minimum Gasteiger partial charge on any atom is -0.497 e. The van der Waals surface area contributed by atoms with Crippen LogP contribution in [-0.4, -0.2) is 38.3 Å². The van der Waals surface area contributed by atoms with Gasteiger partial charge in [-0.15, -0.1) is 0 Å². The van der Waals surface area contributed by atoms with E-state index in [2.05, 4.69) is 28.4 Å². The molecule has 3 aromatic rings. The summed E-state index contributed by atoms with van der Waals surface area (Å²) in [4.78, 5) is 7.11. The van der Waals surface area contributed by atoms with Crippen molar-refractivity contribution >= 4 is 16.6 Å². The molecule has 0 aliphatic carbocycles. The second kappa shape index (κ2) is 7.22. The molecular weight excluding hydrogens is 326 g/mol. The van der Waals surface area contributed by atoms with Crippen molar-refractivity contribution in [3.63, 3.8) is 0 Å². The number of aryl methyl sites for hydroxylation is 1. The Morgan fingerprint density at radius 3 is 2.62 bits per heavy atom. The molecule has 0 unspecified atom stereocenters. The van der Waals surface area contributed by atoms with Crippen LogP contribution in [0.2, 0.25) is 0 Å². The third kappa shape index (κ3) is 3.18. The predicted octanol–water partition coefficient (Wildman–Crippen LogP) is 3.75. The maximum atomic E-state index is 6.26. The van der Waals surface area contributed by atoms with Gasteiger partial charge in [0.25, 0.3) is 0 Å². The fourth-order valence-corrected chi connectivity index (χ4v) is 3.36. The summed E-state index contributed by atoms with van der Waals surface area (Å²) in [5.74, 6) is 2.38. The van der Waals surface area contributed by atoms with E-state index in [9.17, 15) is 0 Å². The first-order valence-electron chi connectivity index (χ1n) is 8.92. The lowest BCUT2D eigenvalue weighted by Gasteiger charge is -2.30. The van der Waals surface area contributed by atoms with E-state index in [0.717, 1.165) is 59.9 Å². The smallest absolute Gasteiger partial charge is 0.141 e.